The number of thiophene rings is 1. The molecular formula is C18H18N2O3S2. The van der Waals surface area contributed by atoms with E-state index in [0.29, 0.717) is 22.9 Å². The first-order valence-corrected chi connectivity index (χ1v) is 9.64. The van der Waals surface area contributed by atoms with Crippen LogP contribution in [0.2, 0.25) is 0 Å². The maximum atomic E-state index is 12.2. The molecule has 0 spiro atoms. The second kappa shape index (κ2) is 7.33. The van der Waals surface area contributed by atoms with Gasteiger partial charge in [-0.2, -0.15) is 0 Å². The zero-order valence-corrected chi connectivity index (χ0v) is 15.8. The van der Waals surface area contributed by atoms with Crippen LogP contribution in [0.25, 0.3) is 20.8 Å². The average molecular weight is 374 g/mol. The minimum absolute atomic E-state index is 0.0981. The quantitative estimate of drug-likeness (QED) is 0.648. The van der Waals surface area contributed by atoms with Crippen molar-refractivity contribution in [1.29, 1.82) is 0 Å². The molecule has 25 heavy (non-hydrogen) atoms. The monoisotopic (exact) mass is 374 g/mol. The Bertz CT molecular complexity index is 910. The van der Waals surface area contributed by atoms with Gasteiger partial charge < -0.3 is 10.1 Å². The number of anilines is 1. The van der Waals surface area contributed by atoms with Crippen molar-refractivity contribution in [3.63, 3.8) is 0 Å². The fourth-order valence-corrected chi connectivity index (χ4v) is 4.70. The normalized spacial score (nSPS) is 10.8. The summed E-state index contributed by atoms with van der Waals surface area (Å²) in [5, 5.41) is 4.33. The van der Waals surface area contributed by atoms with E-state index in [9.17, 15) is 9.59 Å². The SMILES string of the molecule is CCOC(=O)c1sc(NC(=O)CC)c(-c2nc3ccccc3s2)c1C. The van der Waals surface area contributed by atoms with Gasteiger partial charge in [0.1, 0.15) is 14.9 Å². The first kappa shape index (κ1) is 17.6. The molecular weight excluding hydrogens is 356 g/mol. The van der Waals surface area contributed by atoms with Gasteiger partial charge in [0.05, 0.1) is 16.8 Å². The first-order chi connectivity index (χ1) is 12.0. The molecule has 0 fully saturated rings. The van der Waals surface area contributed by atoms with Crippen LogP contribution in [0.1, 0.15) is 35.5 Å². The van der Waals surface area contributed by atoms with Crippen LogP contribution in [0.5, 0.6) is 0 Å². The maximum absolute atomic E-state index is 12.2. The molecule has 2 heterocycles. The molecule has 3 aromatic rings. The number of ether oxygens (including phenoxy) is 1. The smallest absolute Gasteiger partial charge is 0.348 e. The van der Waals surface area contributed by atoms with Gasteiger partial charge >= 0.3 is 5.97 Å². The first-order valence-electron chi connectivity index (χ1n) is 8.01. The average Bonchev–Trinajstić information content (AvgIpc) is 3.15. The van der Waals surface area contributed by atoms with E-state index >= 15 is 0 Å². The van der Waals surface area contributed by atoms with E-state index < -0.39 is 0 Å². The van der Waals surface area contributed by atoms with Gasteiger partial charge in [-0.25, -0.2) is 9.78 Å². The lowest BCUT2D eigenvalue weighted by molar-refractivity contribution is -0.115. The molecule has 0 unspecified atom stereocenters. The minimum atomic E-state index is -0.371. The Kier molecular flexibility index (Phi) is 5.15. The Morgan fingerprint density at radius 2 is 1.96 bits per heavy atom. The topological polar surface area (TPSA) is 68.3 Å². The zero-order chi connectivity index (χ0) is 18.0. The zero-order valence-electron chi connectivity index (χ0n) is 14.2. The Balaban J connectivity index is 2.14. The minimum Gasteiger partial charge on any atom is -0.462 e. The molecule has 0 aliphatic rings. The van der Waals surface area contributed by atoms with E-state index in [1.807, 2.05) is 31.2 Å². The molecule has 0 bridgehead atoms. The molecule has 1 amide bonds. The number of esters is 1. The van der Waals surface area contributed by atoms with Gasteiger partial charge in [-0.15, -0.1) is 22.7 Å². The molecule has 130 valence electrons. The van der Waals surface area contributed by atoms with Crippen LogP contribution < -0.4 is 5.32 Å². The van der Waals surface area contributed by atoms with Crippen molar-refractivity contribution in [1.82, 2.24) is 4.98 Å². The number of carbonyl (C=O) groups excluding carboxylic acids is 2. The lowest BCUT2D eigenvalue weighted by Gasteiger charge is -2.03. The Morgan fingerprint density at radius 1 is 1.20 bits per heavy atom. The number of aromatic nitrogens is 1. The van der Waals surface area contributed by atoms with Gasteiger partial charge in [-0.05, 0) is 31.5 Å². The molecule has 0 radical (unpaired) electrons. The van der Waals surface area contributed by atoms with Crippen LogP contribution in [0, 0.1) is 6.92 Å². The molecule has 2 aromatic heterocycles. The molecule has 0 aliphatic carbocycles. The highest BCUT2D eigenvalue weighted by Gasteiger charge is 2.25. The molecule has 3 rings (SSSR count). The van der Waals surface area contributed by atoms with Crippen LogP contribution in [0.4, 0.5) is 5.00 Å². The van der Waals surface area contributed by atoms with E-state index in [0.717, 1.165) is 26.4 Å². The molecule has 1 N–H and O–H groups in total. The third-order valence-corrected chi connectivity index (χ3v) is 5.93. The van der Waals surface area contributed by atoms with E-state index in [2.05, 4.69) is 10.3 Å². The predicted molar refractivity (Wildman–Crippen MR) is 103 cm³/mol. The Hall–Kier alpha value is -2.25. The van der Waals surface area contributed by atoms with Gasteiger partial charge in [0.2, 0.25) is 5.91 Å². The molecule has 0 saturated carbocycles. The standard InChI is InChI=1S/C18H18N2O3S2/c1-4-13(21)20-17-14(10(3)15(25-17)18(22)23-5-2)16-19-11-8-6-7-9-12(11)24-16/h6-9H,4-5H2,1-3H3,(H,20,21). The van der Waals surface area contributed by atoms with Gasteiger partial charge in [0.15, 0.2) is 0 Å². The van der Waals surface area contributed by atoms with Gasteiger partial charge in [-0.3, -0.25) is 4.79 Å². The summed E-state index contributed by atoms with van der Waals surface area (Å²) >= 11 is 2.79. The lowest BCUT2D eigenvalue weighted by Crippen LogP contribution is -2.08. The van der Waals surface area contributed by atoms with Crippen LogP contribution in [0.15, 0.2) is 24.3 Å². The van der Waals surface area contributed by atoms with E-state index in [-0.39, 0.29) is 11.9 Å². The highest BCUT2D eigenvalue weighted by molar-refractivity contribution is 7.23. The summed E-state index contributed by atoms with van der Waals surface area (Å²) in [6.45, 7) is 5.74. The highest BCUT2D eigenvalue weighted by Crippen LogP contribution is 2.43. The predicted octanol–water partition coefficient (Wildman–Crippen LogP) is 4.86. The Morgan fingerprint density at radius 3 is 2.64 bits per heavy atom. The number of para-hydroxylation sites is 1. The lowest BCUT2D eigenvalue weighted by atomic mass is 10.1. The van der Waals surface area contributed by atoms with Crippen LogP contribution in [-0.4, -0.2) is 23.5 Å². The van der Waals surface area contributed by atoms with Crippen LogP contribution >= 0.6 is 22.7 Å². The fourth-order valence-electron chi connectivity index (χ4n) is 2.44. The number of rotatable bonds is 5. The van der Waals surface area contributed by atoms with Gasteiger partial charge in [-0.1, -0.05) is 19.1 Å². The molecule has 7 heteroatoms. The number of carbonyl (C=O) groups is 2. The molecule has 5 nitrogen and oxygen atoms in total. The van der Waals surface area contributed by atoms with Crippen molar-refractivity contribution in [2.45, 2.75) is 27.2 Å². The van der Waals surface area contributed by atoms with Gasteiger partial charge in [0, 0.05) is 12.0 Å². The van der Waals surface area contributed by atoms with Crippen LogP contribution in [-0.2, 0) is 9.53 Å². The van der Waals surface area contributed by atoms with Crippen molar-refractivity contribution in [3.8, 4) is 10.6 Å². The second-order valence-electron chi connectivity index (χ2n) is 5.37. The molecule has 0 atom stereocenters. The summed E-state index contributed by atoms with van der Waals surface area (Å²) in [7, 11) is 0. The van der Waals surface area contributed by atoms with Gasteiger partial charge in [0.25, 0.3) is 0 Å². The van der Waals surface area contributed by atoms with Crippen molar-refractivity contribution in [2.24, 2.45) is 0 Å². The number of thiazole rings is 1. The molecule has 1 aromatic carbocycles. The number of fused-ring (bicyclic) bond motifs is 1. The summed E-state index contributed by atoms with van der Waals surface area (Å²) in [5.74, 6) is -0.469. The van der Waals surface area contributed by atoms with Crippen molar-refractivity contribution in [2.75, 3.05) is 11.9 Å². The van der Waals surface area contributed by atoms with E-state index in [4.69, 9.17) is 4.74 Å². The highest BCUT2D eigenvalue weighted by atomic mass is 32.1. The van der Waals surface area contributed by atoms with Crippen molar-refractivity contribution in [3.05, 3.63) is 34.7 Å². The number of benzene rings is 1. The largest absolute Gasteiger partial charge is 0.462 e. The number of hydrogen-bond acceptors (Lipinski definition) is 6. The fraction of sp³-hybridized carbons (Fsp3) is 0.278. The van der Waals surface area contributed by atoms with Crippen LogP contribution in [0.3, 0.4) is 0 Å². The number of hydrogen-bond donors (Lipinski definition) is 1. The molecule has 0 saturated heterocycles. The summed E-state index contributed by atoms with van der Waals surface area (Å²) < 4.78 is 6.21. The number of nitrogens with zero attached hydrogens (tertiary/aromatic N) is 1. The number of nitrogens with one attached hydrogen (secondary N) is 1. The third-order valence-electron chi connectivity index (χ3n) is 3.69. The van der Waals surface area contributed by atoms with Crippen molar-refractivity contribution >= 4 is 49.8 Å². The maximum Gasteiger partial charge on any atom is 0.348 e. The van der Waals surface area contributed by atoms with E-state index in [1.165, 1.54) is 11.3 Å². The number of amides is 1. The van der Waals surface area contributed by atoms with Crippen molar-refractivity contribution < 1.29 is 14.3 Å². The summed E-state index contributed by atoms with van der Waals surface area (Å²) in [6, 6.07) is 7.87. The summed E-state index contributed by atoms with van der Waals surface area (Å²) in [5.41, 5.74) is 2.49. The molecule has 0 aliphatic heterocycles. The van der Waals surface area contributed by atoms with E-state index in [1.54, 1.807) is 25.2 Å². The third kappa shape index (κ3) is 3.43. The summed E-state index contributed by atoms with van der Waals surface area (Å²) in [6.07, 6.45) is 0.366. The second-order valence-corrected chi connectivity index (χ2v) is 7.42. The summed E-state index contributed by atoms with van der Waals surface area (Å²) in [4.78, 5) is 29.3. The Labute approximate surface area is 153 Å².